The van der Waals surface area contributed by atoms with Crippen LogP contribution in [0.2, 0.25) is 0 Å². The number of nitrogens with zero attached hydrogens (tertiary/aromatic N) is 1. The second kappa shape index (κ2) is 7.36. The molecule has 0 spiro atoms. The fraction of sp³-hybridized carbons (Fsp3) is 0.263. The van der Waals surface area contributed by atoms with Gasteiger partial charge in [0.25, 0.3) is 11.1 Å². The maximum Gasteiger partial charge on any atom is 0.257 e. The van der Waals surface area contributed by atoms with Gasteiger partial charge in [0, 0.05) is 17.4 Å². The number of aromatic nitrogens is 1. The molecule has 0 aliphatic carbocycles. The predicted octanol–water partition coefficient (Wildman–Crippen LogP) is 3.04. The van der Waals surface area contributed by atoms with Gasteiger partial charge in [-0.05, 0) is 30.2 Å². The van der Waals surface area contributed by atoms with Crippen molar-refractivity contribution in [3.05, 3.63) is 59.7 Å². The van der Waals surface area contributed by atoms with E-state index in [1.165, 1.54) is 11.8 Å². The van der Waals surface area contributed by atoms with Gasteiger partial charge < -0.3 is 9.73 Å². The van der Waals surface area contributed by atoms with E-state index in [2.05, 4.69) is 10.3 Å². The molecule has 1 N–H and O–H groups in total. The van der Waals surface area contributed by atoms with E-state index < -0.39 is 9.84 Å². The molecule has 1 aromatic heterocycles. The summed E-state index contributed by atoms with van der Waals surface area (Å²) in [4.78, 5) is 17.1. The van der Waals surface area contributed by atoms with E-state index in [1.54, 1.807) is 12.1 Å². The van der Waals surface area contributed by atoms with Crippen LogP contribution in [-0.4, -0.2) is 36.9 Å². The third-order valence-corrected chi connectivity index (χ3v) is 7.10. The lowest BCUT2D eigenvalue weighted by atomic mass is 10.1. The fourth-order valence-electron chi connectivity index (χ4n) is 3.09. The highest BCUT2D eigenvalue weighted by Gasteiger charge is 2.29. The van der Waals surface area contributed by atoms with E-state index in [0.29, 0.717) is 23.0 Å². The third kappa shape index (κ3) is 4.17. The number of hydrogen-bond donors (Lipinski definition) is 1. The highest BCUT2D eigenvalue weighted by molar-refractivity contribution is 7.98. The second-order valence-electron chi connectivity index (χ2n) is 6.47. The van der Waals surface area contributed by atoms with Gasteiger partial charge >= 0.3 is 0 Å². The fourth-order valence-corrected chi connectivity index (χ4v) is 5.61. The molecule has 1 saturated heterocycles. The van der Waals surface area contributed by atoms with Crippen molar-refractivity contribution in [3.63, 3.8) is 0 Å². The molecule has 0 bridgehead atoms. The summed E-state index contributed by atoms with van der Waals surface area (Å²) in [5.41, 5.74) is 2.93. The normalized spacial score (nSPS) is 18.6. The van der Waals surface area contributed by atoms with Gasteiger partial charge in [-0.2, -0.15) is 0 Å². The van der Waals surface area contributed by atoms with Gasteiger partial charge in [0.05, 0.1) is 11.5 Å². The molecule has 2 aromatic carbocycles. The van der Waals surface area contributed by atoms with Crippen LogP contribution in [0.1, 0.15) is 22.3 Å². The number of sulfone groups is 1. The summed E-state index contributed by atoms with van der Waals surface area (Å²) in [6.45, 7) is 0. The second-order valence-corrected chi connectivity index (χ2v) is 9.62. The van der Waals surface area contributed by atoms with Crippen molar-refractivity contribution < 1.29 is 17.6 Å². The van der Waals surface area contributed by atoms with Gasteiger partial charge in [-0.3, -0.25) is 4.79 Å². The molecular weight excluding hydrogens is 384 g/mol. The standard InChI is InChI=1S/C19H18N2O4S2/c22-18(20-14-9-10-27(23,24)12-14)15-6-2-1-5-13(15)11-26-19-21-16-7-3-4-8-17(16)25-19/h1-8,14H,9-12H2,(H,20,22). The minimum absolute atomic E-state index is 0.0125. The van der Waals surface area contributed by atoms with Crippen LogP contribution in [-0.2, 0) is 15.6 Å². The maximum absolute atomic E-state index is 12.6. The molecule has 1 fully saturated rings. The van der Waals surface area contributed by atoms with Crippen LogP contribution >= 0.6 is 11.8 Å². The molecule has 4 rings (SSSR count). The number of para-hydroxylation sites is 2. The number of oxazole rings is 1. The van der Waals surface area contributed by atoms with Gasteiger partial charge in [-0.15, -0.1) is 0 Å². The van der Waals surface area contributed by atoms with Crippen LogP contribution in [0.25, 0.3) is 11.1 Å². The van der Waals surface area contributed by atoms with Crippen LogP contribution in [0.4, 0.5) is 0 Å². The molecule has 2 heterocycles. The molecule has 1 unspecified atom stereocenters. The summed E-state index contributed by atoms with van der Waals surface area (Å²) in [6.07, 6.45) is 0.466. The van der Waals surface area contributed by atoms with Gasteiger partial charge in [-0.25, -0.2) is 13.4 Å². The zero-order valence-electron chi connectivity index (χ0n) is 14.4. The van der Waals surface area contributed by atoms with E-state index >= 15 is 0 Å². The lowest BCUT2D eigenvalue weighted by molar-refractivity contribution is 0.0940. The maximum atomic E-state index is 12.6. The van der Waals surface area contributed by atoms with Crippen molar-refractivity contribution in [1.82, 2.24) is 10.3 Å². The Morgan fingerprint density at radius 2 is 1.96 bits per heavy atom. The van der Waals surface area contributed by atoms with Crippen molar-refractivity contribution in [2.45, 2.75) is 23.4 Å². The van der Waals surface area contributed by atoms with Crippen LogP contribution in [0.5, 0.6) is 0 Å². The molecule has 8 heteroatoms. The number of rotatable bonds is 5. The van der Waals surface area contributed by atoms with Crippen LogP contribution in [0.15, 0.2) is 58.2 Å². The molecule has 3 aromatic rings. The van der Waals surface area contributed by atoms with E-state index in [-0.39, 0.29) is 23.5 Å². The van der Waals surface area contributed by atoms with Crippen LogP contribution in [0.3, 0.4) is 0 Å². The molecule has 1 aliphatic rings. The first kappa shape index (κ1) is 18.1. The summed E-state index contributed by atoms with van der Waals surface area (Å²) in [6, 6.07) is 14.5. The highest BCUT2D eigenvalue weighted by atomic mass is 32.2. The SMILES string of the molecule is O=C(NC1CCS(=O)(=O)C1)c1ccccc1CSc1nc2ccccc2o1. The van der Waals surface area contributed by atoms with Crippen molar-refractivity contribution in [3.8, 4) is 0 Å². The summed E-state index contributed by atoms with van der Waals surface area (Å²) in [5.74, 6) is 0.427. The zero-order chi connectivity index (χ0) is 18.9. The Morgan fingerprint density at radius 3 is 2.74 bits per heavy atom. The van der Waals surface area contributed by atoms with Gasteiger partial charge in [0.1, 0.15) is 5.52 Å². The Hall–Kier alpha value is -2.32. The number of thioether (sulfide) groups is 1. The van der Waals surface area contributed by atoms with Crippen LogP contribution < -0.4 is 5.32 Å². The average molecular weight is 402 g/mol. The number of carbonyl (C=O) groups is 1. The lowest BCUT2D eigenvalue weighted by Gasteiger charge is -2.13. The van der Waals surface area contributed by atoms with Crippen molar-refractivity contribution in [1.29, 1.82) is 0 Å². The Kier molecular flexibility index (Phi) is 4.92. The molecule has 6 nitrogen and oxygen atoms in total. The minimum Gasteiger partial charge on any atom is -0.431 e. The monoisotopic (exact) mass is 402 g/mol. The Labute approximate surface area is 161 Å². The molecule has 1 aliphatic heterocycles. The molecule has 0 saturated carbocycles. The number of fused-ring (bicyclic) bond motifs is 1. The van der Waals surface area contributed by atoms with E-state index in [9.17, 15) is 13.2 Å². The highest BCUT2D eigenvalue weighted by Crippen LogP contribution is 2.27. The smallest absolute Gasteiger partial charge is 0.257 e. The Morgan fingerprint density at radius 1 is 1.19 bits per heavy atom. The number of carbonyl (C=O) groups excluding carboxylic acids is 1. The molecule has 0 radical (unpaired) electrons. The lowest BCUT2D eigenvalue weighted by Crippen LogP contribution is -2.36. The number of hydrogen-bond acceptors (Lipinski definition) is 6. The first-order valence-electron chi connectivity index (χ1n) is 8.58. The molecule has 1 amide bonds. The topological polar surface area (TPSA) is 89.3 Å². The summed E-state index contributed by atoms with van der Waals surface area (Å²) >= 11 is 1.42. The molecule has 27 heavy (non-hydrogen) atoms. The first-order chi connectivity index (χ1) is 13.0. The number of amides is 1. The number of benzene rings is 2. The average Bonchev–Trinajstić information content (AvgIpc) is 3.22. The predicted molar refractivity (Wildman–Crippen MR) is 105 cm³/mol. The van der Waals surface area contributed by atoms with Crippen molar-refractivity contribution in [2.24, 2.45) is 0 Å². The quantitative estimate of drug-likeness (QED) is 0.660. The van der Waals surface area contributed by atoms with E-state index in [1.807, 2.05) is 36.4 Å². The zero-order valence-corrected chi connectivity index (χ0v) is 16.1. The van der Waals surface area contributed by atoms with Gasteiger partial charge in [0.2, 0.25) is 0 Å². The van der Waals surface area contributed by atoms with Gasteiger partial charge in [-0.1, -0.05) is 42.1 Å². The minimum atomic E-state index is -3.03. The van der Waals surface area contributed by atoms with Crippen LogP contribution in [0, 0.1) is 0 Å². The summed E-state index contributed by atoms with van der Waals surface area (Å²) < 4.78 is 28.9. The summed E-state index contributed by atoms with van der Waals surface area (Å²) in [7, 11) is -3.03. The molecular formula is C19H18N2O4S2. The summed E-state index contributed by atoms with van der Waals surface area (Å²) in [5, 5.41) is 3.39. The Balaban J connectivity index is 1.46. The van der Waals surface area contributed by atoms with Crippen molar-refractivity contribution >= 4 is 38.6 Å². The number of nitrogens with one attached hydrogen (secondary N) is 1. The largest absolute Gasteiger partial charge is 0.431 e. The van der Waals surface area contributed by atoms with Gasteiger partial charge in [0.15, 0.2) is 15.4 Å². The first-order valence-corrected chi connectivity index (χ1v) is 11.4. The molecule has 140 valence electrons. The third-order valence-electron chi connectivity index (χ3n) is 4.46. The van der Waals surface area contributed by atoms with E-state index in [4.69, 9.17) is 4.42 Å². The van der Waals surface area contributed by atoms with Crippen molar-refractivity contribution in [2.75, 3.05) is 11.5 Å². The Bertz CT molecular complexity index is 1060. The molecule has 1 atom stereocenters. The van der Waals surface area contributed by atoms with E-state index in [0.717, 1.165) is 16.7 Å².